The topological polar surface area (TPSA) is 39.3 Å². The van der Waals surface area contributed by atoms with Crippen molar-refractivity contribution in [3.05, 3.63) is 100 Å². The minimum atomic E-state index is -1.11. The number of aromatic nitrogens is 1. The summed E-state index contributed by atoms with van der Waals surface area (Å²) in [5, 5.41) is 1.13. The number of carbonyl (C=O) groups excluding carboxylic acids is 1. The quantitative estimate of drug-likeness (QED) is 0.321. The lowest BCUT2D eigenvalue weighted by Gasteiger charge is -2.51. The smallest absolute Gasteiger partial charge is 0.257 e. The van der Waals surface area contributed by atoms with E-state index < -0.39 is 23.1 Å². The Balaban J connectivity index is 1.43. The van der Waals surface area contributed by atoms with E-state index in [2.05, 4.69) is 11.1 Å². The molecule has 1 fully saturated rings. The largest absolute Gasteiger partial charge is 0.375 e. The van der Waals surface area contributed by atoms with Crippen molar-refractivity contribution in [1.82, 2.24) is 9.88 Å². The van der Waals surface area contributed by atoms with Crippen molar-refractivity contribution in [2.75, 3.05) is 25.5 Å². The number of amides is 1. The standard InChI is InChI=1S/C31H30F3N3O/c1-36(2)28-20(8-5-11-25(28)33)19-13-16-31(17-14-19)29-22(21-7-3-4-12-26(21)35-29)15-18-37(31)30(38)23-9-6-10-24(32)27(23)34/h3-12,19,35H,13-18H2,1-2H3. The van der Waals surface area contributed by atoms with Crippen molar-refractivity contribution in [1.29, 1.82) is 0 Å². The zero-order valence-electron chi connectivity index (χ0n) is 21.5. The van der Waals surface area contributed by atoms with E-state index in [0.717, 1.165) is 41.1 Å². The van der Waals surface area contributed by atoms with Crippen LogP contribution in [-0.4, -0.2) is 36.4 Å². The molecule has 2 heterocycles. The molecule has 1 amide bonds. The zero-order valence-corrected chi connectivity index (χ0v) is 21.5. The molecule has 1 aromatic heterocycles. The third-order valence-electron chi connectivity index (χ3n) is 8.53. The van der Waals surface area contributed by atoms with Gasteiger partial charge in [-0.05, 0) is 73.4 Å². The van der Waals surface area contributed by atoms with Crippen LogP contribution in [0.2, 0.25) is 0 Å². The van der Waals surface area contributed by atoms with E-state index >= 15 is 0 Å². The van der Waals surface area contributed by atoms with Crippen molar-refractivity contribution in [2.45, 2.75) is 43.6 Å². The average Bonchev–Trinajstić information content (AvgIpc) is 3.30. The first-order valence-corrected chi connectivity index (χ1v) is 13.1. The highest BCUT2D eigenvalue weighted by atomic mass is 19.2. The van der Waals surface area contributed by atoms with Crippen LogP contribution in [0.4, 0.5) is 18.9 Å². The number of hydrogen-bond acceptors (Lipinski definition) is 2. The molecule has 7 heteroatoms. The van der Waals surface area contributed by atoms with Gasteiger partial charge in [0.15, 0.2) is 11.6 Å². The number of para-hydroxylation sites is 2. The summed E-state index contributed by atoms with van der Waals surface area (Å²) in [4.78, 5) is 21.0. The van der Waals surface area contributed by atoms with Crippen molar-refractivity contribution in [3.8, 4) is 0 Å². The van der Waals surface area contributed by atoms with Crippen LogP contribution < -0.4 is 4.90 Å². The second kappa shape index (κ2) is 9.22. The fourth-order valence-electron chi connectivity index (χ4n) is 6.80. The predicted octanol–water partition coefficient (Wildman–Crippen LogP) is 6.90. The fourth-order valence-corrected chi connectivity index (χ4v) is 6.80. The van der Waals surface area contributed by atoms with Crippen molar-refractivity contribution in [3.63, 3.8) is 0 Å². The molecule has 38 heavy (non-hydrogen) atoms. The highest BCUT2D eigenvalue weighted by molar-refractivity contribution is 5.96. The summed E-state index contributed by atoms with van der Waals surface area (Å²) in [7, 11) is 3.69. The molecular formula is C31H30F3N3O. The predicted molar refractivity (Wildman–Crippen MR) is 143 cm³/mol. The Labute approximate surface area is 220 Å². The molecule has 1 aliphatic carbocycles. The summed E-state index contributed by atoms with van der Waals surface area (Å²) >= 11 is 0. The molecule has 1 N–H and O–H groups in total. The summed E-state index contributed by atoms with van der Waals surface area (Å²) in [6.07, 6.45) is 3.35. The van der Waals surface area contributed by atoms with E-state index in [1.165, 1.54) is 23.8 Å². The highest BCUT2D eigenvalue weighted by Gasteiger charge is 2.49. The van der Waals surface area contributed by atoms with Crippen LogP contribution in [0.15, 0.2) is 60.7 Å². The van der Waals surface area contributed by atoms with E-state index in [4.69, 9.17) is 0 Å². The summed E-state index contributed by atoms with van der Waals surface area (Å²) in [6, 6.07) is 17.1. The van der Waals surface area contributed by atoms with Gasteiger partial charge in [0.2, 0.25) is 0 Å². The SMILES string of the molecule is CN(C)c1c(F)cccc1C1CCC2(CC1)c1[nH]c3ccccc3c1CCN2C(=O)c1cccc(F)c1F. The molecule has 6 rings (SSSR count). The number of aromatic amines is 1. The van der Waals surface area contributed by atoms with Gasteiger partial charge in [-0.25, -0.2) is 13.2 Å². The molecule has 1 saturated carbocycles. The summed E-state index contributed by atoms with van der Waals surface area (Å²) in [5.41, 5.74) is 3.80. The number of hydrogen-bond donors (Lipinski definition) is 1. The number of nitrogens with zero attached hydrogens (tertiary/aromatic N) is 2. The second-order valence-corrected chi connectivity index (χ2v) is 10.7. The van der Waals surface area contributed by atoms with Crippen LogP contribution in [0.25, 0.3) is 10.9 Å². The average molecular weight is 518 g/mol. The van der Waals surface area contributed by atoms with Crippen LogP contribution >= 0.6 is 0 Å². The first-order valence-electron chi connectivity index (χ1n) is 13.1. The van der Waals surface area contributed by atoms with Gasteiger partial charge in [0.1, 0.15) is 5.82 Å². The van der Waals surface area contributed by atoms with Crippen LogP contribution in [-0.2, 0) is 12.0 Å². The Bertz CT molecular complexity index is 1530. The molecule has 3 aromatic carbocycles. The van der Waals surface area contributed by atoms with Gasteiger partial charge < -0.3 is 14.8 Å². The molecule has 1 aliphatic heterocycles. The number of benzene rings is 3. The summed E-state index contributed by atoms with van der Waals surface area (Å²) < 4.78 is 43.7. The molecule has 4 nitrogen and oxygen atoms in total. The van der Waals surface area contributed by atoms with Crippen molar-refractivity contribution in [2.24, 2.45) is 0 Å². The number of carbonyl (C=O) groups is 1. The molecule has 0 bridgehead atoms. The van der Waals surface area contributed by atoms with Gasteiger partial charge in [-0.3, -0.25) is 4.79 Å². The lowest BCUT2D eigenvalue weighted by atomic mass is 9.69. The Kier molecular flexibility index (Phi) is 5.97. The van der Waals surface area contributed by atoms with Gasteiger partial charge in [-0.2, -0.15) is 0 Å². The van der Waals surface area contributed by atoms with E-state index in [-0.39, 0.29) is 17.3 Å². The molecule has 0 saturated heterocycles. The molecular weight excluding hydrogens is 487 g/mol. The van der Waals surface area contributed by atoms with Crippen LogP contribution in [0.3, 0.4) is 0 Å². The van der Waals surface area contributed by atoms with Gasteiger partial charge in [0, 0.05) is 37.2 Å². The minimum absolute atomic E-state index is 0.117. The molecule has 4 aromatic rings. The Morgan fingerprint density at radius 1 is 0.947 bits per heavy atom. The first kappa shape index (κ1) is 24.6. The minimum Gasteiger partial charge on any atom is -0.375 e. The Hall–Kier alpha value is -3.74. The third-order valence-corrected chi connectivity index (χ3v) is 8.53. The number of H-pyrrole nitrogens is 1. The molecule has 1 spiro atoms. The van der Waals surface area contributed by atoms with E-state index in [9.17, 15) is 18.0 Å². The third kappa shape index (κ3) is 3.70. The van der Waals surface area contributed by atoms with Gasteiger partial charge in [-0.15, -0.1) is 0 Å². The molecule has 0 atom stereocenters. The number of fused-ring (bicyclic) bond motifs is 4. The van der Waals surface area contributed by atoms with Crippen LogP contribution in [0.1, 0.15) is 58.8 Å². The fraction of sp³-hybridized carbons (Fsp3) is 0.323. The second-order valence-electron chi connectivity index (χ2n) is 10.7. The maximum absolute atomic E-state index is 14.8. The van der Waals surface area contributed by atoms with Crippen molar-refractivity contribution >= 4 is 22.5 Å². The zero-order chi connectivity index (χ0) is 26.6. The number of anilines is 1. The normalized spacial score (nSPS) is 21.1. The van der Waals surface area contributed by atoms with Gasteiger partial charge in [0.25, 0.3) is 5.91 Å². The van der Waals surface area contributed by atoms with Gasteiger partial charge >= 0.3 is 0 Å². The first-order chi connectivity index (χ1) is 18.3. The monoisotopic (exact) mass is 517 g/mol. The number of halogens is 3. The maximum Gasteiger partial charge on any atom is 0.257 e. The number of nitrogens with one attached hydrogen (secondary N) is 1. The van der Waals surface area contributed by atoms with Crippen LogP contribution in [0.5, 0.6) is 0 Å². The molecule has 196 valence electrons. The summed E-state index contributed by atoms with van der Waals surface area (Å²) in [6.45, 7) is 0.414. The van der Waals surface area contributed by atoms with E-state index in [1.54, 1.807) is 11.0 Å². The van der Waals surface area contributed by atoms with Crippen molar-refractivity contribution < 1.29 is 18.0 Å². The molecule has 0 unspecified atom stereocenters. The summed E-state index contributed by atoms with van der Waals surface area (Å²) in [5.74, 6) is -2.77. The Morgan fingerprint density at radius 3 is 2.42 bits per heavy atom. The van der Waals surface area contributed by atoms with E-state index in [1.807, 2.05) is 43.3 Å². The molecule has 0 radical (unpaired) electrons. The van der Waals surface area contributed by atoms with Gasteiger partial charge in [-0.1, -0.05) is 36.4 Å². The lowest BCUT2D eigenvalue weighted by Crippen LogP contribution is -2.55. The van der Waals surface area contributed by atoms with Gasteiger partial charge in [0.05, 0.1) is 16.8 Å². The highest BCUT2D eigenvalue weighted by Crippen LogP contribution is 2.52. The maximum atomic E-state index is 14.8. The van der Waals surface area contributed by atoms with E-state index in [0.29, 0.717) is 31.5 Å². The lowest BCUT2D eigenvalue weighted by molar-refractivity contribution is 0.0221. The van der Waals surface area contributed by atoms with Crippen LogP contribution in [0, 0.1) is 17.5 Å². The molecule has 2 aliphatic rings. The Morgan fingerprint density at radius 2 is 1.66 bits per heavy atom. The number of rotatable bonds is 3.